The van der Waals surface area contributed by atoms with E-state index in [-0.39, 0.29) is 0 Å². The van der Waals surface area contributed by atoms with Gasteiger partial charge in [0.25, 0.3) is 0 Å². The zero-order chi connectivity index (χ0) is 9.97. The molecule has 0 aliphatic rings. The van der Waals surface area contributed by atoms with E-state index in [1.54, 1.807) is 17.2 Å². The molecule has 2 heterocycles. The fraction of sp³-hybridized carbons (Fsp3) is 0.300. The van der Waals surface area contributed by atoms with Gasteiger partial charge in [0, 0.05) is 24.0 Å². The monoisotopic (exact) mass is 188 g/mol. The molecule has 2 aromatic heterocycles. The molecule has 0 saturated carbocycles. The fourth-order valence-corrected chi connectivity index (χ4v) is 1.18. The molecule has 0 atom stereocenters. The summed E-state index contributed by atoms with van der Waals surface area (Å²) in [6.07, 6.45) is 3.53. The number of aromatic nitrogens is 4. The van der Waals surface area contributed by atoms with Crippen molar-refractivity contribution in [3.8, 4) is 11.4 Å². The second-order valence-corrected chi connectivity index (χ2v) is 3.11. The van der Waals surface area contributed by atoms with Gasteiger partial charge < -0.3 is 0 Å². The second kappa shape index (κ2) is 3.57. The predicted octanol–water partition coefficient (Wildman–Crippen LogP) is 1.67. The molecule has 0 aromatic carbocycles. The Morgan fingerprint density at radius 2 is 2.14 bits per heavy atom. The molecule has 0 saturated heterocycles. The zero-order valence-corrected chi connectivity index (χ0v) is 8.31. The van der Waals surface area contributed by atoms with Crippen molar-refractivity contribution >= 4 is 0 Å². The second-order valence-electron chi connectivity index (χ2n) is 3.11. The van der Waals surface area contributed by atoms with E-state index in [9.17, 15) is 0 Å². The average molecular weight is 188 g/mol. The maximum Gasteiger partial charge on any atom is 0.182 e. The highest BCUT2D eigenvalue weighted by molar-refractivity contribution is 5.52. The smallest absolute Gasteiger partial charge is 0.182 e. The van der Waals surface area contributed by atoms with Crippen molar-refractivity contribution in [1.82, 2.24) is 19.7 Å². The lowest BCUT2D eigenvalue weighted by Crippen LogP contribution is -1.94. The minimum absolute atomic E-state index is 0.736. The van der Waals surface area contributed by atoms with Crippen LogP contribution in [0, 0.1) is 6.92 Å². The normalized spacial score (nSPS) is 10.4. The molecular weight excluding hydrogens is 176 g/mol. The first-order chi connectivity index (χ1) is 6.79. The molecule has 0 spiro atoms. The summed E-state index contributed by atoms with van der Waals surface area (Å²) in [7, 11) is 0. The fourth-order valence-electron chi connectivity index (χ4n) is 1.18. The van der Waals surface area contributed by atoms with Crippen LogP contribution in [0.3, 0.4) is 0 Å². The third-order valence-corrected chi connectivity index (χ3v) is 2.03. The molecule has 72 valence electrons. The van der Waals surface area contributed by atoms with E-state index in [4.69, 9.17) is 0 Å². The van der Waals surface area contributed by atoms with Gasteiger partial charge in [0.1, 0.15) is 6.33 Å². The summed E-state index contributed by atoms with van der Waals surface area (Å²) in [5.74, 6) is 0.736. The third kappa shape index (κ3) is 1.64. The Bertz CT molecular complexity index is 416. The van der Waals surface area contributed by atoms with E-state index >= 15 is 0 Å². The van der Waals surface area contributed by atoms with Gasteiger partial charge in [0.05, 0.1) is 0 Å². The molecule has 0 bridgehead atoms. The van der Waals surface area contributed by atoms with Crippen molar-refractivity contribution in [3.05, 3.63) is 30.4 Å². The van der Waals surface area contributed by atoms with Gasteiger partial charge in [-0.15, -0.1) is 0 Å². The Kier molecular flexibility index (Phi) is 2.26. The highest BCUT2D eigenvalue weighted by Crippen LogP contribution is 2.12. The van der Waals surface area contributed by atoms with Crippen molar-refractivity contribution in [1.29, 1.82) is 0 Å². The Hall–Kier alpha value is -1.71. The Labute approximate surface area is 82.6 Å². The van der Waals surface area contributed by atoms with Gasteiger partial charge in [-0.2, -0.15) is 5.10 Å². The molecule has 2 aromatic rings. The number of pyridine rings is 1. The standard InChI is InChI=1S/C10H12N4/c1-3-14-7-12-10(13-14)9-5-4-8(2)11-6-9/h4-7H,3H2,1-2H3. The van der Waals surface area contributed by atoms with E-state index < -0.39 is 0 Å². The molecule has 14 heavy (non-hydrogen) atoms. The highest BCUT2D eigenvalue weighted by atomic mass is 15.3. The summed E-state index contributed by atoms with van der Waals surface area (Å²) in [4.78, 5) is 8.40. The van der Waals surface area contributed by atoms with E-state index in [1.807, 2.05) is 26.0 Å². The van der Waals surface area contributed by atoms with Gasteiger partial charge in [-0.05, 0) is 26.0 Å². The molecule has 0 amide bonds. The van der Waals surface area contributed by atoms with Gasteiger partial charge >= 0.3 is 0 Å². The van der Waals surface area contributed by atoms with Crippen LogP contribution >= 0.6 is 0 Å². The van der Waals surface area contributed by atoms with Crippen LogP contribution in [0.25, 0.3) is 11.4 Å². The largest absolute Gasteiger partial charge is 0.261 e. The van der Waals surface area contributed by atoms with Crippen molar-refractivity contribution in [2.45, 2.75) is 20.4 Å². The van der Waals surface area contributed by atoms with Crippen LogP contribution in [-0.2, 0) is 6.54 Å². The van der Waals surface area contributed by atoms with Crippen molar-refractivity contribution < 1.29 is 0 Å². The Morgan fingerprint density at radius 3 is 2.71 bits per heavy atom. The lowest BCUT2D eigenvalue weighted by molar-refractivity contribution is 0.659. The average Bonchev–Trinajstić information content (AvgIpc) is 2.67. The Balaban J connectivity index is 2.34. The van der Waals surface area contributed by atoms with Crippen LogP contribution in [0.5, 0.6) is 0 Å². The molecule has 0 N–H and O–H groups in total. The number of nitrogens with zero attached hydrogens (tertiary/aromatic N) is 4. The summed E-state index contributed by atoms with van der Waals surface area (Å²) in [6.45, 7) is 4.83. The molecular formula is C10H12N4. The van der Waals surface area contributed by atoms with Crippen molar-refractivity contribution in [3.63, 3.8) is 0 Å². The molecule has 0 unspecified atom stereocenters. The van der Waals surface area contributed by atoms with Gasteiger partial charge in [-0.25, -0.2) is 4.98 Å². The minimum atomic E-state index is 0.736. The first-order valence-electron chi connectivity index (χ1n) is 4.62. The molecule has 2 rings (SSSR count). The van der Waals surface area contributed by atoms with E-state index in [0.717, 1.165) is 23.6 Å². The van der Waals surface area contributed by atoms with Crippen LogP contribution < -0.4 is 0 Å². The van der Waals surface area contributed by atoms with Crippen LogP contribution in [-0.4, -0.2) is 19.7 Å². The summed E-state index contributed by atoms with van der Waals surface area (Å²) in [5.41, 5.74) is 1.96. The number of rotatable bonds is 2. The van der Waals surface area contributed by atoms with Crippen molar-refractivity contribution in [2.24, 2.45) is 0 Å². The molecule has 0 radical (unpaired) electrons. The first kappa shape index (κ1) is 8.87. The summed E-state index contributed by atoms with van der Waals surface area (Å²) in [6, 6.07) is 3.94. The highest BCUT2D eigenvalue weighted by Gasteiger charge is 2.02. The number of hydrogen-bond acceptors (Lipinski definition) is 3. The maximum absolute atomic E-state index is 4.29. The van der Waals surface area contributed by atoms with Gasteiger partial charge in [-0.1, -0.05) is 0 Å². The lowest BCUT2D eigenvalue weighted by Gasteiger charge is -1.95. The van der Waals surface area contributed by atoms with Crippen LogP contribution in [0.15, 0.2) is 24.7 Å². The van der Waals surface area contributed by atoms with E-state index in [1.165, 1.54) is 0 Å². The van der Waals surface area contributed by atoms with Gasteiger partial charge in [0.15, 0.2) is 5.82 Å². The van der Waals surface area contributed by atoms with Crippen LogP contribution in [0.2, 0.25) is 0 Å². The quantitative estimate of drug-likeness (QED) is 0.720. The zero-order valence-electron chi connectivity index (χ0n) is 8.31. The Morgan fingerprint density at radius 1 is 1.29 bits per heavy atom. The van der Waals surface area contributed by atoms with E-state index in [0.29, 0.717) is 0 Å². The van der Waals surface area contributed by atoms with Crippen LogP contribution in [0.4, 0.5) is 0 Å². The first-order valence-corrected chi connectivity index (χ1v) is 4.62. The molecule has 4 heteroatoms. The van der Waals surface area contributed by atoms with Gasteiger partial charge in [0.2, 0.25) is 0 Å². The summed E-state index contributed by atoms with van der Waals surface area (Å²) >= 11 is 0. The third-order valence-electron chi connectivity index (χ3n) is 2.03. The summed E-state index contributed by atoms with van der Waals surface area (Å²) in [5, 5.41) is 4.29. The maximum atomic E-state index is 4.29. The van der Waals surface area contributed by atoms with Crippen LogP contribution in [0.1, 0.15) is 12.6 Å². The molecule has 0 aliphatic heterocycles. The lowest BCUT2D eigenvalue weighted by atomic mass is 10.2. The predicted molar refractivity (Wildman–Crippen MR) is 53.7 cm³/mol. The molecule has 0 aliphatic carbocycles. The topological polar surface area (TPSA) is 43.6 Å². The number of aryl methyl sites for hydroxylation is 2. The number of hydrogen-bond donors (Lipinski definition) is 0. The van der Waals surface area contributed by atoms with Crippen molar-refractivity contribution in [2.75, 3.05) is 0 Å². The van der Waals surface area contributed by atoms with Gasteiger partial charge in [-0.3, -0.25) is 9.67 Å². The molecule has 4 nitrogen and oxygen atoms in total. The van der Waals surface area contributed by atoms with E-state index in [2.05, 4.69) is 15.1 Å². The minimum Gasteiger partial charge on any atom is -0.261 e. The summed E-state index contributed by atoms with van der Waals surface area (Å²) < 4.78 is 1.80. The molecule has 0 fully saturated rings. The SMILES string of the molecule is CCn1cnc(-c2ccc(C)nc2)n1.